The summed E-state index contributed by atoms with van der Waals surface area (Å²) in [6.45, 7) is 7.23. The van der Waals surface area contributed by atoms with Crippen LogP contribution in [-0.4, -0.2) is 85.5 Å². The second kappa shape index (κ2) is 16.0. The largest absolute Gasteiger partial charge is 0.493 e. The lowest BCUT2D eigenvalue weighted by atomic mass is 9.91. The molecule has 1 saturated carbocycles. The predicted octanol–water partition coefficient (Wildman–Crippen LogP) is 3.21. The number of nitrogens with zero attached hydrogens (tertiary/aromatic N) is 1. The lowest BCUT2D eigenvalue weighted by Crippen LogP contribution is -2.46. The minimum absolute atomic E-state index is 0. The molecular weight excluding hydrogens is 479 g/mol. The van der Waals surface area contributed by atoms with E-state index in [1.807, 2.05) is 32.0 Å². The van der Waals surface area contributed by atoms with Crippen LogP contribution in [0.2, 0.25) is 0 Å². The van der Waals surface area contributed by atoms with E-state index in [1.54, 1.807) is 7.11 Å². The second-order valence-electron chi connectivity index (χ2n) is 9.46. The van der Waals surface area contributed by atoms with Crippen LogP contribution in [-0.2, 0) is 11.2 Å². The minimum atomic E-state index is -0.574. The molecule has 198 valence electrons. The zero-order chi connectivity index (χ0) is 22.9. The van der Waals surface area contributed by atoms with E-state index in [9.17, 15) is 10.2 Å². The van der Waals surface area contributed by atoms with E-state index in [2.05, 4.69) is 10.2 Å². The number of methoxy groups -OCH3 is 1. The van der Waals surface area contributed by atoms with Gasteiger partial charge in [0.1, 0.15) is 12.7 Å². The van der Waals surface area contributed by atoms with Crippen LogP contribution in [0.25, 0.3) is 0 Å². The van der Waals surface area contributed by atoms with Crippen LogP contribution in [0, 0.1) is 0 Å². The van der Waals surface area contributed by atoms with Crippen molar-refractivity contribution in [3.8, 4) is 11.5 Å². The van der Waals surface area contributed by atoms with E-state index in [1.165, 1.54) is 12.8 Å². The van der Waals surface area contributed by atoms with Crippen molar-refractivity contribution < 1.29 is 24.4 Å². The first kappa shape index (κ1) is 31.2. The number of ether oxygens (including phenoxy) is 3. The molecule has 3 N–H and O–H groups in total. The summed E-state index contributed by atoms with van der Waals surface area (Å²) in [4.78, 5) is 2.43. The molecule has 0 aromatic heterocycles. The van der Waals surface area contributed by atoms with Gasteiger partial charge in [-0.3, -0.25) is 4.90 Å². The fourth-order valence-electron chi connectivity index (χ4n) is 4.69. The van der Waals surface area contributed by atoms with Crippen molar-refractivity contribution in [2.45, 2.75) is 82.8 Å². The molecular formula is C25H44Cl2N2O5. The molecule has 1 unspecified atom stereocenters. The highest BCUT2D eigenvalue weighted by molar-refractivity contribution is 5.85. The Morgan fingerprint density at radius 2 is 1.88 bits per heavy atom. The average Bonchev–Trinajstić information content (AvgIpc) is 3.23. The van der Waals surface area contributed by atoms with Gasteiger partial charge in [0.2, 0.25) is 0 Å². The normalized spacial score (nSPS) is 23.8. The average molecular weight is 524 g/mol. The molecule has 1 aliphatic heterocycles. The number of aliphatic hydroxyl groups is 2. The fraction of sp³-hybridized carbons (Fsp3) is 0.760. The summed E-state index contributed by atoms with van der Waals surface area (Å²) in [6, 6.07) is 6.70. The first-order valence-corrected chi connectivity index (χ1v) is 12.2. The summed E-state index contributed by atoms with van der Waals surface area (Å²) in [5.74, 6) is 1.31. The first-order chi connectivity index (χ1) is 15.5. The molecule has 0 bridgehead atoms. The van der Waals surface area contributed by atoms with Crippen LogP contribution in [0.5, 0.6) is 11.5 Å². The van der Waals surface area contributed by atoms with Crippen LogP contribution >= 0.6 is 24.8 Å². The lowest BCUT2D eigenvalue weighted by Gasteiger charge is -2.37. The second-order valence-corrected chi connectivity index (χ2v) is 9.46. The third kappa shape index (κ3) is 9.69. The quantitative estimate of drug-likeness (QED) is 0.388. The van der Waals surface area contributed by atoms with Crippen LogP contribution < -0.4 is 14.8 Å². The Hall–Kier alpha value is -0.800. The highest BCUT2D eigenvalue weighted by Crippen LogP contribution is 2.30. The molecule has 4 atom stereocenters. The van der Waals surface area contributed by atoms with Gasteiger partial charge in [-0.15, -0.1) is 24.8 Å². The Balaban J connectivity index is 0.00000289. The van der Waals surface area contributed by atoms with E-state index in [0.717, 1.165) is 44.3 Å². The smallest absolute Gasteiger partial charge is 0.161 e. The summed E-state index contributed by atoms with van der Waals surface area (Å²) in [7, 11) is 1.64. The number of halogens is 2. The van der Waals surface area contributed by atoms with Crippen LogP contribution in [0.4, 0.5) is 0 Å². The maximum atomic E-state index is 10.1. The van der Waals surface area contributed by atoms with Crippen molar-refractivity contribution >= 4 is 24.8 Å². The SMILES string of the molecule is COc1cc(CCO[C@@H]2CCCC[C@@H]2N2CCC(O)C2)ccc1OC[C@@H](O)CNC(C)C.Cl.Cl. The number of β-amino-alcohol motifs (C(OH)–C–C–N with tert-alkyl or cyclic N) is 1. The molecule has 1 saturated heterocycles. The van der Waals surface area contributed by atoms with Gasteiger partial charge in [0, 0.05) is 31.7 Å². The number of nitrogens with one attached hydrogen (secondary N) is 1. The summed E-state index contributed by atoms with van der Waals surface area (Å²) >= 11 is 0. The van der Waals surface area contributed by atoms with E-state index < -0.39 is 6.10 Å². The first-order valence-electron chi connectivity index (χ1n) is 12.2. The number of hydrogen-bond acceptors (Lipinski definition) is 7. The summed E-state index contributed by atoms with van der Waals surface area (Å²) in [5, 5.41) is 23.2. The highest BCUT2D eigenvalue weighted by atomic mass is 35.5. The molecule has 7 nitrogen and oxygen atoms in total. The molecule has 9 heteroatoms. The topological polar surface area (TPSA) is 83.4 Å². The molecule has 2 fully saturated rings. The Morgan fingerprint density at radius 3 is 2.56 bits per heavy atom. The van der Waals surface area contributed by atoms with Crippen molar-refractivity contribution in [1.29, 1.82) is 0 Å². The Bertz CT molecular complexity index is 697. The summed E-state index contributed by atoms with van der Waals surface area (Å²) in [6.07, 6.45) is 5.91. The van der Waals surface area contributed by atoms with Gasteiger partial charge < -0.3 is 29.7 Å². The standard InChI is InChI=1S/C25H42N2O5.2ClH/c1-18(2)26-15-21(29)17-32-24-9-8-19(14-25(24)30-3)11-13-31-23-7-5-4-6-22(23)27-12-10-20(28)16-27;;/h8-9,14,18,20-23,26,28-29H,4-7,10-13,15-17H2,1-3H3;2*1H/t20?,21-,22-,23+;;/m0../s1. The Labute approximate surface area is 217 Å². The minimum Gasteiger partial charge on any atom is -0.493 e. The molecule has 0 amide bonds. The van der Waals surface area contributed by atoms with Gasteiger partial charge in [-0.2, -0.15) is 0 Å². The third-order valence-corrected chi connectivity index (χ3v) is 6.48. The van der Waals surface area contributed by atoms with Gasteiger partial charge in [-0.05, 0) is 43.4 Å². The third-order valence-electron chi connectivity index (χ3n) is 6.48. The van der Waals surface area contributed by atoms with Gasteiger partial charge in [0.15, 0.2) is 11.5 Å². The molecule has 1 aromatic carbocycles. The molecule has 3 rings (SSSR count). The number of likely N-dealkylation sites (tertiary alicyclic amines) is 1. The number of aliphatic hydroxyl groups excluding tert-OH is 2. The maximum Gasteiger partial charge on any atom is 0.161 e. The van der Waals surface area contributed by atoms with Crippen LogP contribution in [0.15, 0.2) is 18.2 Å². The van der Waals surface area contributed by atoms with E-state index in [0.29, 0.717) is 36.7 Å². The fourth-order valence-corrected chi connectivity index (χ4v) is 4.69. The van der Waals surface area contributed by atoms with Crippen LogP contribution in [0.1, 0.15) is 51.5 Å². The number of hydrogen-bond donors (Lipinski definition) is 3. The molecule has 1 aromatic rings. The van der Waals surface area contributed by atoms with Gasteiger partial charge in [-0.1, -0.05) is 32.8 Å². The highest BCUT2D eigenvalue weighted by Gasteiger charge is 2.34. The van der Waals surface area contributed by atoms with Gasteiger partial charge >= 0.3 is 0 Å². The van der Waals surface area contributed by atoms with Gasteiger partial charge in [-0.25, -0.2) is 0 Å². The van der Waals surface area contributed by atoms with E-state index >= 15 is 0 Å². The predicted molar refractivity (Wildman–Crippen MR) is 140 cm³/mol. The molecule has 0 spiro atoms. The number of rotatable bonds is 12. The van der Waals surface area contributed by atoms with Crippen molar-refractivity contribution in [2.24, 2.45) is 0 Å². The molecule has 2 aliphatic rings. The molecule has 34 heavy (non-hydrogen) atoms. The molecule has 1 aliphatic carbocycles. The maximum absolute atomic E-state index is 10.1. The van der Waals surface area contributed by atoms with Crippen molar-refractivity contribution in [3.05, 3.63) is 23.8 Å². The Kier molecular flexibility index (Phi) is 14.7. The summed E-state index contributed by atoms with van der Waals surface area (Å²) in [5.41, 5.74) is 1.14. The zero-order valence-electron chi connectivity index (χ0n) is 20.8. The zero-order valence-corrected chi connectivity index (χ0v) is 22.4. The molecule has 0 radical (unpaired) electrons. The van der Waals surface area contributed by atoms with E-state index in [-0.39, 0.29) is 43.6 Å². The number of benzene rings is 1. The van der Waals surface area contributed by atoms with Crippen molar-refractivity contribution in [3.63, 3.8) is 0 Å². The van der Waals surface area contributed by atoms with E-state index in [4.69, 9.17) is 14.2 Å². The van der Waals surface area contributed by atoms with Crippen molar-refractivity contribution in [2.75, 3.05) is 40.0 Å². The molecule has 1 heterocycles. The van der Waals surface area contributed by atoms with Gasteiger partial charge in [0.05, 0.1) is 25.9 Å². The van der Waals surface area contributed by atoms with Crippen molar-refractivity contribution in [1.82, 2.24) is 10.2 Å². The van der Waals surface area contributed by atoms with Gasteiger partial charge in [0.25, 0.3) is 0 Å². The summed E-state index contributed by atoms with van der Waals surface area (Å²) < 4.78 is 17.6. The monoisotopic (exact) mass is 522 g/mol. The lowest BCUT2D eigenvalue weighted by molar-refractivity contribution is -0.0316. The Morgan fingerprint density at radius 1 is 1.12 bits per heavy atom. The van der Waals surface area contributed by atoms with Crippen LogP contribution in [0.3, 0.4) is 0 Å².